The molecule has 5 heteroatoms. The lowest BCUT2D eigenvalue weighted by molar-refractivity contribution is 0.0700. The van der Waals surface area contributed by atoms with Crippen LogP contribution < -0.4 is 0 Å². The average Bonchev–Trinajstić information content (AvgIpc) is 2.67. The minimum atomic E-state index is -0.888. The van der Waals surface area contributed by atoms with Crippen LogP contribution in [0.1, 0.15) is 53.4 Å². The summed E-state index contributed by atoms with van der Waals surface area (Å²) >= 11 is 0.991. The maximum atomic E-state index is 10.9. The molecule has 0 radical (unpaired) electrons. The largest absolute Gasteiger partial charge is 0.477 e. The molecule has 1 fully saturated rings. The van der Waals surface area contributed by atoms with Crippen LogP contribution in [0.2, 0.25) is 0 Å². The van der Waals surface area contributed by atoms with Gasteiger partial charge < -0.3 is 5.11 Å². The fourth-order valence-electron chi connectivity index (χ4n) is 1.99. The van der Waals surface area contributed by atoms with E-state index in [0.29, 0.717) is 16.5 Å². The van der Waals surface area contributed by atoms with Crippen molar-refractivity contribution in [1.29, 1.82) is 0 Å². The minimum absolute atomic E-state index is 0.327. The summed E-state index contributed by atoms with van der Waals surface area (Å²) in [6, 6.07) is 0. The van der Waals surface area contributed by atoms with Gasteiger partial charge in [-0.3, -0.25) is 0 Å². The molecule has 0 amide bonds. The first-order valence-corrected chi connectivity index (χ1v) is 5.62. The number of aromatic nitrogens is 2. The van der Waals surface area contributed by atoms with Gasteiger partial charge in [-0.25, -0.2) is 4.79 Å². The molecule has 1 aliphatic carbocycles. The molecule has 1 saturated carbocycles. The smallest absolute Gasteiger partial charge is 0.349 e. The summed E-state index contributed by atoms with van der Waals surface area (Å²) in [7, 11) is 0. The van der Waals surface area contributed by atoms with Crippen molar-refractivity contribution in [3.63, 3.8) is 0 Å². The van der Waals surface area contributed by atoms with Gasteiger partial charge in [0.05, 0.1) is 5.69 Å². The molecule has 0 spiro atoms. The van der Waals surface area contributed by atoms with Crippen LogP contribution in [-0.4, -0.2) is 20.7 Å². The van der Waals surface area contributed by atoms with Gasteiger partial charge in [0.1, 0.15) is 0 Å². The Morgan fingerprint density at radius 3 is 2.71 bits per heavy atom. The Bertz CT molecular complexity index is 331. The highest BCUT2D eigenvalue weighted by Crippen LogP contribution is 2.33. The summed E-state index contributed by atoms with van der Waals surface area (Å²) in [5.41, 5.74) is 0.710. The first kappa shape index (κ1) is 9.58. The molecule has 1 aliphatic rings. The van der Waals surface area contributed by atoms with Crippen LogP contribution in [0.25, 0.3) is 0 Å². The number of hydrogen-bond acceptors (Lipinski definition) is 4. The SMILES string of the molecule is O=C(O)c1snnc1C1CCCCC1. The van der Waals surface area contributed by atoms with Crippen LogP contribution in [0.4, 0.5) is 0 Å². The van der Waals surface area contributed by atoms with Crippen LogP contribution >= 0.6 is 11.5 Å². The molecule has 1 aromatic heterocycles. The van der Waals surface area contributed by atoms with E-state index in [1.54, 1.807) is 0 Å². The Balaban J connectivity index is 2.21. The molecule has 0 aromatic carbocycles. The van der Waals surface area contributed by atoms with E-state index >= 15 is 0 Å². The molecule has 1 aromatic rings. The molecule has 1 heterocycles. The molecule has 0 atom stereocenters. The molecular formula is C9H12N2O2S. The number of carbonyl (C=O) groups is 1. The predicted molar refractivity (Wildman–Crippen MR) is 52.7 cm³/mol. The van der Waals surface area contributed by atoms with Crippen LogP contribution in [0.3, 0.4) is 0 Å². The van der Waals surface area contributed by atoms with Gasteiger partial charge in [0.15, 0.2) is 4.88 Å². The van der Waals surface area contributed by atoms with Gasteiger partial charge in [-0.15, -0.1) is 5.10 Å². The zero-order valence-corrected chi connectivity index (χ0v) is 8.59. The van der Waals surface area contributed by atoms with E-state index in [4.69, 9.17) is 5.11 Å². The van der Waals surface area contributed by atoms with E-state index in [-0.39, 0.29) is 0 Å². The summed E-state index contributed by atoms with van der Waals surface area (Å²) in [4.78, 5) is 11.2. The summed E-state index contributed by atoms with van der Waals surface area (Å²) in [6.45, 7) is 0. The Kier molecular flexibility index (Phi) is 2.77. The Hall–Kier alpha value is -0.970. The van der Waals surface area contributed by atoms with Gasteiger partial charge in [-0.05, 0) is 24.4 Å². The maximum Gasteiger partial charge on any atom is 0.349 e. The summed E-state index contributed by atoms with van der Waals surface area (Å²) in [6.07, 6.45) is 5.75. The van der Waals surface area contributed by atoms with Crippen LogP contribution in [0, 0.1) is 0 Å². The van der Waals surface area contributed by atoms with Crippen molar-refractivity contribution in [2.45, 2.75) is 38.0 Å². The summed E-state index contributed by atoms with van der Waals surface area (Å²) in [5.74, 6) is -0.561. The van der Waals surface area contributed by atoms with Crippen molar-refractivity contribution >= 4 is 17.5 Å². The monoisotopic (exact) mass is 212 g/mol. The highest BCUT2D eigenvalue weighted by molar-refractivity contribution is 7.07. The molecule has 2 rings (SSSR count). The van der Waals surface area contributed by atoms with Crippen LogP contribution in [0.15, 0.2) is 0 Å². The van der Waals surface area contributed by atoms with E-state index < -0.39 is 5.97 Å². The molecule has 0 unspecified atom stereocenters. The van der Waals surface area contributed by atoms with Crippen molar-refractivity contribution in [2.75, 3.05) is 0 Å². The van der Waals surface area contributed by atoms with Crippen LogP contribution in [-0.2, 0) is 0 Å². The lowest BCUT2D eigenvalue weighted by Crippen LogP contribution is -2.09. The van der Waals surface area contributed by atoms with Crippen LogP contribution in [0.5, 0.6) is 0 Å². The predicted octanol–water partition coefficient (Wildman–Crippen LogP) is 2.28. The van der Waals surface area contributed by atoms with Crippen molar-refractivity contribution in [2.24, 2.45) is 0 Å². The normalized spacial score (nSPS) is 18.3. The van der Waals surface area contributed by atoms with Gasteiger partial charge in [0.25, 0.3) is 0 Å². The zero-order valence-electron chi connectivity index (χ0n) is 7.77. The number of carboxylic acids is 1. The van der Waals surface area contributed by atoms with E-state index in [1.165, 1.54) is 19.3 Å². The molecule has 1 N–H and O–H groups in total. The number of aromatic carboxylic acids is 1. The van der Waals surface area contributed by atoms with Gasteiger partial charge >= 0.3 is 5.97 Å². The Morgan fingerprint density at radius 1 is 1.36 bits per heavy atom. The van der Waals surface area contributed by atoms with E-state index in [0.717, 1.165) is 24.4 Å². The molecule has 0 aliphatic heterocycles. The number of carboxylic acid groups (broad SMARTS) is 1. The highest BCUT2D eigenvalue weighted by atomic mass is 32.1. The first-order chi connectivity index (χ1) is 6.79. The number of rotatable bonds is 2. The maximum absolute atomic E-state index is 10.9. The third-order valence-electron chi connectivity index (χ3n) is 2.70. The third kappa shape index (κ3) is 1.77. The van der Waals surface area contributed by atoms with Gasteiger partial charge in [-0.1, -0.05) is 23.8 Å². The number of hydrogen-bond donors (Lipinski definition) is 1. The summed E-state index contributed by atoms with van der Waals surface area (Å²) in [5, 5.41) is 12.9. The molecule has 0 bridgehead atoms. The quantitative estimate of drug-likeness (QED) is 0.816. The Labute approximate surface area is 86.1 Å². The molecule has 76 valence electrons. The highest BCUT2D eigenvalue weighted by Gasteiger charge is 2.24. The molecule has 14 heavy (non-hydrogen) atoms. The second-order valence-corrected chi connectivity index (χ2v) is 4.38. The fourth-order valence-corrected chi connectivity index (χ4v) is 2.58. The van der Waals surface area contributed by atoms with Crippen molar-refractivity contribution in [3.05, 3.63) is 10.6 Å². The fraction of sp³-hybridized carbons (Fsp3) is 0.667. The molecular weight excluding hydrogens is 200 g/mol. The van der Waals surface area contributed by atoms with E-state index in [2.05, 4.69) is 9.59 Å². The van der Waals surface area contributed by atoms with E-state index in [1.807, 2.05) is 0 Å². The molecule has 0 saturated heterocycles. The second kappa shape index (κ2) is 4.04. The van der Waals surface area contributed by atoms with E-state index in [9.17, 15) is 4.79 Å². The topological polar surface area (TPSA) is 63.1 Å². The first-order valence-electron chi connectivity index (χ1n) is 4.84. The van der Waals surface area contributed by atoms with Crippen molar-refractivity contribution in [1.82, 2.24) is 9.59 Å². The lowest BCUT2D eigenvalue weighted by atomic mass is 9.86. The van der Waals surface area contributed by atoms with Crippen molar-refractivity contribution < 1.29 is 9.90 Å². The van der Waals surface area contributed by atoms with Gasteiger partial charge in [0, 0.05) is 5.92 Å². The number of nitrogens with zero attached hydrogens (tertiary/aromatic N) is 2. The minimum Gasteiger partial charge on any atom is -0.477 e. The third-order valence-corrected chi connectivity index (χ3v) is 3.43. The average molecular weight is 212 g/mol. The summed E-state index contributed by atoms with van der Waals surface area (Å²) < 4.78 is 3.73. The lowest BCUT2D eigenvalue weighted by Gasteiger charge is -2.19. The van der Waals surface area contributed by atoms with Gasteiger partial charge in [-0.2, -0.15) is 0 Å². The zero-order chi connectivity index (χ0) is 9.97. The van der Waals surface area contributed by atoms with Crippen molar-refractivity contribution in [3.8, 4) is 0 Å². The Morgan fingerprint density at radius 2 is 2.07 bits per heavy atom. The van der Waals surface area contributed by atoms with Gasteiger partial charge in [0.2, 0.25) is 0 Å². The molecule has 4 nitrogen and oxygen atoms in total. The second-order valence-electron chi connectivity index (χ2n) is 3.63. The standard InChI is InChI=1S/C9H12N2O2S/c12-9(13)8-7(10-11-14-8)6-4-2-1-3-5-6/h6H,1-5H2,(H,12,13).